The summed E-state index contributed by atoms with van der Waals surface area (Å²) in [5.74, 6) is 0. The molecule has 0 aromatic heterocycles. The van der Waals surface area contributed by atoms with Gasteiger partial charge in [-0.2, -0.15) is 0 Å². The van der Waals surface area contributed by atoms with Crippen molar-refractivity contribution in [1.29, 1.82) is 0 Å². The SMILES string of the molecule is Cl.Cl.NCC(N)CC(F)F. The molecule has 0 heterocycles. The predicted molar refractivity (Wildman–Crippen MR) is 42.1 cm³/mol. The summed E-state index contributed by atoms with van der Waals surface area (Å²) < 4.78 is 22.7. The van der Waals surface area contributed by atoms with Gasteiger partial charge in [0.15, 0.2) is 0 Å². The molecule has 0 bridgehead atoms. The van der Waals surface area contributed by atoms with Crippen LogP contribution < -0.4 is 11.5 Å². The van der Waals surface area contributed by atoms with Crippen molar-refractivity contribution in [3.05, 3.63) is 0 Å². The average molecular weight is 197 g/mol. The third kappa shape index (κ3) is 11.2. The lowest BCUT2D eigenvalue weighted by atomic mass is 10.2. The van der Waals surface area contributed by atoms with Crippen molar-refractivity contribution >= 4 is 24.8 Å². The second kappa shape index (κ2) is 9.36. The first-order valence-electron chi connectivity index (χ1n) is 2.40. The summed E-state index contributed by atoms with van der Waals surface area (Å²) in [6.45, 7) is 0.129. The topological polar surface area (TPSA) is 52.0 Å². The van der Waals surface area contributed by atoms with Crippen LogP contribution in [0.2, 0.25) is 0 Å². The second-order valence-corrected chi connectivity index (χ2v) is 1.62. The van der Waals surface area contributed by atoms with E-state index in [0.717, 1.165) is 0 Å². The Morgan fingerprint density at radius 1 is 1.20 bits per heavy atom. The lowest BCUT2D eigenvalue weighted by Crippen LogP contribution is -2.31. The van der Waals surface area contributed by atoms with Gasteiger partial charge < -0.3 is 11.5 Å². The normalized spacial score (nSPS) is 11.7. The summed E-state index contributed by atoms with van der Waals surface area (Å²) >= 11 is 0. The molecule has 6 heteroatoms. The van der Waals surface area contributed by atoms with Crippen LogP contribution in [0.25, 0.3) is 0 Å². The van der Waals surface area contributed by atoms with Crippen LogP contribution in [0.15, 0.2) is 0 Å². The van der Waals surface area contributed by atoms with Gasteiger partial charge in [-0.15, -0.1) is 24.8 Å². The highest BCUT2D eigenvalue weighted by Crippen LogP contribution is 1.99. The summed E-state index contributed by atoms with van der Waals surface area (Å²) in [6.07, 6.45) is -2.62. The van der Waals surface area contributed by atoms with E-state index in [1.807, 2.05) is 0 Å². The number of hydrogen-bond acceptors (Lipinski definition) is 2. The molecule has 0 aliphatic heterocycles. The van der Waals surface area contributed by atoms with Crippen LogP contribution in [0.5, 0.6) is 0 Å². The molecular weight excluding hydrogens is 185 g/mol. The van der Waals surface area contributed by atoms with E-state index in [4.69, 9.17) is 11.5 Å². The summed E-state index contributed by atoms with van der Waals surface area (Å²) in [5, 5.41) is 0. The Kier molecular flexibility index (Phi) is 15.7. The van der Waals surface area contributed by atoms with E-state index in [1.165, 1.54) is 0 Å². The Balaban J connectivity index is -0.000000245. The predicted octanol–water partition coefficient (Wildman–Crippen LogP) is 0.771. The fourth-order valence-electron chi connectivity index (χ4n) is 0.325. The first-order chi connectivity index (χ1) is 3.66. The summed E-state index contributed by atoms with van der Waals surface area (Å²) in [5.41, 5.74) is 10.0. The molecule has 66 valence electrons. The Bertz CT molecular complexity index is 65.2. The fourth-order valence-corrected chi connectivity index (χ4v) is 0.325. The van der Waals surface area contributed by atoms with Crippen molar-refractivity contribution in [3.8, 4) is 0 Å². The third-order valence-corrected chi connectivity index (χ3v) is 0.784. The lowest BCUT2D eigenvalue weighted by molar-refractivity contribution is 0.129. The zero-order valence-corrected chi connectivity index (χ0v) is 6.93. The minimum absolute atomic E-state index is 0. The van der Waals surface area contributed by atoms with Gasteiger partial charge in [-0.25, -0.2) is 8.78 Å². The molecule has 0 saturated heterocycles. The molecule has 0 aliphatic carbocycles. The van der Waals surface area contributed by atoms with E-state index in [2.05, 4.69) is 0 Å². The molecule has 0 rings (SSSR count). The van der Waals surface area contributed by atoms with Crippen LogP contribution in [0, 0.1) is 0 Å². The molecule has 0 aliphatic rings. The van der Waals surface area contributed by atoms with Crippen LogP contribution in [0.4, 0.5) is 8.78 Å². The number of nitrogens with two attached hydrogens (primary N) is 2. The van der Waals surface area contributed by atoms with Gasteiger partial charge in [0.2, 0.25) is 6.43 Å². The molecule has 0 saturated carbocycles. The van der Waals surface area contributed by atoms with Crippen LogP contribution in [0.3, 0.4) is 0 Å². The maximum Gasteiger partial charge on any atom is 0.240 e. The first-order valence-corrected chi connectivity index (χ1v) is 2.40. The first kappa shape index (κ1) is 16.8. The number of alkyl halides is 2. The van der Waals surface area contributed by atoms with Crippen LogP contribution in [0.1, 0.15) is 6.42 Å². The van der Waals surface area contributed by atoms with E-state index >= 15 is 0 Å². The van der Waals surface area contributed by atoms with Crippen molar-refractivity contribution in [2.45, 2.75) is 18.9 Å². The smallest absolute Gasteiger partial charge is 0.240 e. The third-order valence-electron chi connectivity index (χ3n) is 0.784. The summed E-state index contributed by atoms with van der Waals surface area (Å²) in [7, 11) is 0. The van der Waals surface area contributed by atoms with E-state index in [0.29, 0.717) is 0 Å². The second-order valence-electron chi connectivity index (χ2n) is 1.62. The van der Waals surface area contributed by atoms with Crippen LogP contribution in [-0.4, -0.2) is 19.0 Å². The highest BCUT2D eigenvalue weighted by molar-refractivity contribution is 5.85. The van der Waals surface area contributed by atoms with Crippen molar-refractivity contribution in [2.75, 3.05) is 6.54 Å². The monoisotopic (exact) mass is 196 g/mol. The van der Waals surface area contributed by atoms with E-state index in [1.54, 1.807) is 0 Å². The molecule has 0 aromatic rings. The average Bonchev–Trinajstić information content (AvgIpc) is 1.65. The van der Waals surface area contributed by atoms with Gasteiger partial charge in [-0.05, 0) is 0 Å². The molecule has 0 fully saturated rings. The molecular formula is C4H12Cl2F2N2. The zero-order chi connectivity index (χ0) is 6.57. The summed E-state index contributed by atoms with van der Waals surface area (Å²) in [6, 6.07) is -0.546. The molecule has 0 amide bonds. The van der Waals surface area contributed by atoms with Crippen molar-refractivity contribution in [1.82, 2.24) is 0 Å². The van der Waals surface area contributed by atoms with E-state index in [9.17, 15) is 8.78 Å². The molecule has 10 heavy (non-hydrogen) atoms. The van der Waals surface area contributed by atoms with Gasteiger partial charge in [0.05, 0.1) is 0 Å². The van der Waals surface area contributed by atoms with E-state index < -0.39 is 12.5 Å². The molecule has 0 aromatic carbocycles. The number of hydrogen-bond donors (Lipinski definition) is 2. The summed E-state index contributed by atoms with van der Waals surface area (Å²) in [4.78, 5) is 0. The zero-order valence-electron chi connectivity index (χ0n) is 5.30. The number of halogens is 4. The maximum absolute atomic E-state index is 11.3. The van der Waals surface area contributed by atoms with Gasteiger partial charge in [0.25, 0.3) is 0 Å². The minimum atomic E-state index is -2.33. The number of rotatable bonds is 3. The molecule has 2 nitrogen and oxygen atoms in total. The standard InChI is InChI=1S/C4H10F2N2.2ClH/c5-4(6)1-3(8)2-7;;/h3-4H,1-2,7-8H2;2*1H. The minimum Gasteiger partial charge on any atom is -0.329 e. The van der Waals surface area contributed by atoms with E-state index in [-0.39, 0.29) is 37.8 Å². The van der Waals surface area contributed by atoms with Gasteiger partial charge >= 0.3 is 0 Å². The Labute approximate surface area is 71.2 Å². The maximum atomic E-state index is 11.3. The Morgan fingerprint density at radius 2 is 1.60 bits per heavy atom. The van der Waals surface area contributed by atoms with Gasteiger partial charge in [-0.1, -0.05) is 0 Å². The molecule has 1 atom stereocenters. The van der Waals surface area contributed by atoms with Gasteiger partial charge in [0.1, 0.15) is 0 Å². The Hall–Kier alpha value is 0.360. The largest absolute Gasteiger partial charge is 0.329 e. The highest BCUT2D eigenvalue weighted by Gasteiger charge is 2.07. The Morgan fingerprint density at radius 3 is 1.70 bits per heavy atom. The van der Waals surface area contributed by atoms with Crippen LogP contribution >= 0.6 is 24.8 Å². The highest BCUT2D eigenvalue weighted by atomic mass is 35.5. The van der Waals surface area contributed by atoms with Crippen molar-refractivity contribution < 1.29 is 8.78 Å². The molecule has 0 spiro atoms. The van der Waals surface area contributed by atoms with Gasteiger partial charge in [0, 0.05) is 19.0 Å². The molecule has 1 unspecified atom stereocenters. The van der Waals surface area contributed by atoms with Gasteiger partial charge in [-0.3, -0.25) is 0 Å². The van der Waals surface area contributed by atoms with Crippen molar-refractivity contribution in [2.24, 2.45) is 11.5 Å². The quantitative estimate of drug-likeness (QED) is 0.702. The molecule has 4 N–H and O–H groups in total. The fraction of sp³-hybridized carbons (Fsp3) is 1.00. The lowest BCUT2D eigenvalue weighted by Gasteiger charge is -2.05. The van der Waals surface area contributed by atoms with Crippen molar-refractivity contribution in [3.63, 3.8) is 0 Å². The van der Waals surface area contributed by atoms with Crippen LogP contribution in [-0.2, 0) is 0 Å². The molecule has 0 radical (unpaired) electrons.